The Morgan fingerprint density at radius 1 is 1.35 bits per heavy atom. The number of nitrogens with zero attached hydrogens (tertiary/aromatic N) is 2. The van der Waals surface area contributed by atoms with Crippen molar-refractivity contribution >= 4 is 50.0 Å². The normalized spacial score (nSPS) is 10.7. The van der Waals surface area contributed by atoms with Gasteiger partial charge in [-0.15, -0.1) is 11.8 Å². The van der Waals surface area contributed by atoms with Gasteiger partial charge < -0.3 is 10.1 Å². The van der Waals surface area contributed by atoms with Gasteiger partial charge in [-0.3, -0.25) is 14.9 Å². The first kappa shape index (κ1) is 18.2. The van der Waals surface area contributed by atoms with Crippen molar-refractivity contribution in [2.24, 2.45) is 0 Å². The molecule has 1 amide bonds. The largest absolute Gasteiger partial charge is 0.494 e. The molecule has 0 aliphatic heterocycles. The van der Waals surface area contributed by atoms with Gasteiger partial charge in [0.1, 0.15) is 5.52 Å². The molecule has 1 aromatic heterocycles. The Hall–Kier alpha value is -2.65. The second-order valence-electron chi connectivity index (χ2n) is 5.42. The quantitative estimate of drug-likeness (QED) is 0.385. The molecule has 0 saturated heterocycles. The summed E-state index contributed by atoms with van der Waals surface area (Å²) in [5, 5.41) is 14.1. The topological polar surface area (TPSA) is 94.4 Å². The van der Waals surface area contributed by atoms with Crippen LogP contribution in [0.15, 0.2) is 41.3 Å². The Bertz CT molecular complexity index is 970. The summed E-state index contributed by atoms with van der Waals surface area (Å²) in [6.07, 6.45) is 0. The van der Waals surface area contributed by atoms with E-state index in [-0.39, 0.29) is 17.3 Å². The van der Waals surface area contributed by atoms with E-state index in [1.54, 1.807) is 0 Å². The van der Waals surface area contributed by atoms with Gasteiger partial charge >= 0.3 is 0 Å². The first-order chi connectivity index (χ1) is 12.5. The molecule has 0 unspecified atom stereocenters. The van der Waals surface area contributed by atoms with Gasteiger partial charge in [0, 0.05) is 11.0 Å². The van der Waals surface area contributed by atoms with Crippen LogP contribution in [-0.4, -0.2) is 28.7 Å². The van der Waals surface area contributed by atoms with Crippen molar-refractivity contribution in [2.45, 2.75) is 11.8 Å². The van der Waals surface area contributed by atoms with Gasteiger partial charge in [-0.2, -0.15) is 0 Å². The minimum atomic E-state index is -0.488. The molecule has 0 bridgehead atoms. The smallest absolute Gasteiger partial charge is 0.274 e. The van der Waals surface area contributed by atoms with E-state index in [0.717, 1.165) is 10.5 Å². The fourth-order valence-corrected chi connectivity index (χ4v) is 3.87. The lowest BCUT2D eigenvalue weighted by Gasteiger charge is -2.02. The standard InChI is InChI=1S/C17H15N3O4S2/c1-10-3-5-12(6-4-10)25-9-15(21)18-17-19-16-13(24-2)7-11(20(22)23)8-14(16)26-17/h3-8H,9H2,1-2H3,(H,18,19,21). The van der Waals surface area contributed by atoms with E-state index in [1.807, 2.05) is 31.2 Å². The summed E-state index contributed by atoms with van der Waals surface area (Å²) in [4.78, 5) is 28.0. The number of non-ortho nitro benzene ring substituents is 1. The van der Waals surface area contributed by atoms with Gasteiger partial charge in [0.25, 0.3) is 5.69 Å². The number of carbonyl (C=O) groups is 1. The number of hydrogen-bond acceptors (Lipinski definition) is 7. The van der Waals surface area contributed by atoms with Gasteiger partial charge in [-0.25, -0.2) is 4.98 Å². The van der Waals surface area contributed by atoms with Gasteiger partial charge in [-0.1, -0.05) is 29.0 Å². The van der Waals surface area contributed by atoms with Crippen molar-refractivity contribution in [3.63, 3.8) is 0 Å². The van der Waals surface area contributed by atoms with Crippen molar-refractivity contribution in [3.05, 3.63) is 52.1 Å². The van der Waals surface area contributed by atoms with E-state index in [9.17, 15) is 14.9 Å². The Morgan fingerprint density at radius 3 is 2.73 bits per heavy atom. The van der Waals surface area contributed by atoms with E-state index in [4.69, 9.17) is 4.74 Å². The first-order valence-electron chi connectivity index (χ1n) is 7.58. The molecule has 134 valence electrons. The molecule has 0 radical (unpaired) electrons. The van der Waals surface area contributed by atoms with Crippen LogP contribution in [0.2, 0.25) is 0 Å². The van der Waals surface area contributed by atoms with Crippen LogP contribution in [0.5, 0.6) is 5.75 Å². The number of aryl methyl sites for hydroxylation is 1. The molecule has 0 fully saturated rings. The maximum Gasteiger partial charge on any atom is 0.274 e. The number of nitro groups is 1. The molecule has 0 spiro atoms. The highest BCUT2D eigenvalue weighted by Crippen LogP contribution is 2.36. The van der Waals surface area contributed by atoms with Crippen molar-refractivity contribution in [1.82, 2.24) is 4.98 Å². The second kappa shape index (κ2) is 7.71. The van der Waals surface area contributed by atoms with Crippen LogP contribution in [-0.2, 0) is 4.79 Å². The van der Waals surface area contributed by atoms with E-state index >= 15 is 0 Å². The highest BCUT2D eigenvalue weighted by Gasteiger charge is 2.17. The lowest BCUT2D eigenvalue weighted by atomic mass is 10.2. The van der Waals surface area contributed by atoms with Crippen LogP contribution in [0, 0.1) is 17.0 Å². The molecule has 0 atom stereocenters. The third kappa shape index (κ3) is 4.12. The van der Waals surface area contributed by atoms with Crippen LogP contribution in [0.4, 0.5) is 10.8 Å². The lowest BCUT2D eigenvalue weighted by molar-refractivity contribution is -0.384. The summed E-state index contributed by atoms with van der Waals surface area (Å²) in [5.41, 5.74) is 1.58. The number of hydrogen-bond donors (Lipinski definition) is 1. The second-order valence-corrected chi connectivity index (χ2v) is 7.50. The Labute approximate surface area is 157 Å². The van der Waals surface area contributed by atoms with E-state index in [2.05, 4.69) is 10.3 Å². The maximum atomic E-state index is 12.2. The molecule has 3 rings (SSSR count). The number of thioether (sulfide) groups is 1. The maximum absolute atomic E-state index is 12.2. The van der Waals surface area contributed by atoms with E-state index < -0.39 is 4.92 Å². The van der Waals surface area contributed by atoms with Crippen molar-refractivity contribution in [1.29, 1.82) is 0 Å². The Balaban J connectivity index is 1.72. The zero-order valence-electron chi connectivity index (χ0n) is 14.0. The fourth-order valence-electron chi connectivity index (χ4n) is 2.24. The van der Waals surface area contributed by atoms with Gasteiger partial charge in [-0.05, 0) is 19.1 Å². The predicted octanol–water partition coefficient (Wildman–Crippen LogP) is 4.25. The van der Waals surface area contributed by atoms with Crippen molar-refractivity contribution < 1.29 is 14.5 Å². The highest BCUT2D eigenvalue weighted by molar-refractivity contribution is 8.00. The number of rotatable bonds is 6. The molecular weight excluding hydrogens is 374 g/mol. The number of amides is 1. The molecule has 1 heterocycles. The number of anilines is 1. The summed E-state index contributed by atoms with van der Waals surface area (Å²) >= 11 is 2.60. The SMILES string of the molecule is COc1cc([N+](=O)[O-])cc2sc(NC(=O)CSc3ccc(C)cc3)nc12. The number of benzene rings is 2. The number of thiazole rings is 1. The van der Waals surface area contributed by atoms with Crippen molar-refractivity contribution in [2.75, 3.05) is 18.2 Å². The minimum absolute atomic E-state index is 0.0780. The predicted molar refractivity (Wildman–Crippen MR) is 103 cm³/mol. The van der Waals surface area contributed by atoms with Gasteiger partial charge in [0.15, 0.2) is 10.9 Å². The van der Waals surface area contributed by atoms with Crippen LogP contribution < -0.4 is 10.1 Å². The minimum Gasteiger partial charge on any atom is -0.494 e. The molecule has 0 aliphatic rings. The first-order valence-corrected chi connectivity index (χ1v) is 9.39. The van der Waals surface area contributed by atoms with Crippen LogP contribution >= 0.6 is 23.1 Å². The molecule has 0 aliphatic carbocycles. The van der Waals surface area contributed by atoms with E-state index in [0.29, 0.717) is 21.1 Å². The van der Waals surface area contributed by atoms with Gasteiger partial charge in [0.2, 0.25) is 5.91 Å². The van der Waals surface area contributed by atoms with Crippen molar-refractivity contribution in [3.8, 4) is 5.75 Å². The Morgan fingerprint density at radius 2 is 2.08 bits per heavy atom. The summed E-state index contributed by atoms with van der Waals surface area (Å²) in [5.74, 6) is 0.360. The van der Waals surface area contributed by atoms with Gasteiger partial charge in [0.05, 0.1) is 28.6 Å². The molecule has 2 aromatic carbocycles. The number of fused-ring (bicyclic) bond motifs is 1. The number of ether oxygens (including phenoxy) is 1. The highest BCUT2D eigenvalue weighted by atomic mass is 32.2. The summed E-state index contributed by atoms with van der Waals surface area (Å²) in [7, 11) is 1.42. The molecule has 26 heavy (non-hydrogen) atoms. The summed E-state index contributed by atoms with van der Waals surface area (Å²) < 4.78 is 5.76. The molecule has 9 heteroatoms. The zero-order chi connectivity index (χ0) is 18.7. The molecule has 0 saturated carbocycles. The summed E-state index contributed by atoms with van der Waals surface area (Å²) in [6.45, 7) is 2.01. The Kier molecular flexibility index (Phi) is 5.38. The molecule has 7 nitrogen and oxygen atoms in total. The van der Waals surface area contributed by atoms with Crippen LogP contribution in [0.3, 0.4) is 0 Å². The lowest BCUT2D eigenvalue weighted by Crippen LogP contribution is -2.13. The average molecular weight is 389 g/mol. The van der Waals surface area contributed by atoms with Crippen LogP contribution in [0.25, 0.3) is 10.2 Å². The fraction of sp³-hybridized carbons (Fsp3) is 0.176. The van der Waals surface area contributed by atoms with E-state index in [1.165, 1.54) is 42.3 Å². The average Bonchev–Trinajstić information content (AvgIpc) is 3.02. The number of aromatic nitrogens is 1. The monoisotopic (exact) mass is 389 g/mol. The zero-order valence-corrected chi connectivity index (χ0v) is 15.6. The summed E-state index contributed by atoms with van der Waals surface area (Å²) in [6, 6.07) is 10.7. The number of nitrogens with one attached hydrogen (secondary N) is 1. The molecule has 3 aromatic rings. The number of nitro benzene ring substituents is 1. The number of carbonyl (C=O) groups excluding carboxylic acids is 1. The van der Waals surface area contributed by atoms with Crippen LogP contribution in [0.1, 0.15) is 5.56 Å². The third-order valence-corrected chi connectivity index (χ3v) is 5.44. The molecular formula is C17H15N3O4S2. The molecule has 1 N–H and O–H groups in total. The number of methoxy groups -OCH3 is 1. The third-order valence-electron chi connectivity index (χ3n) is 3.51.